The minimum absolute atomic E-state index is 0.206. The summed E-state index contributed by atoms with van der Waals surface area (Å²) in [7, 11) is 0. The molecular weight excluding hydrogens is 180 g/mol. The number of carbonyl (C=O) groups excluding carboxylic acids is 1. The Morgan fingerprint density at radius 1 is 1.57 bits per heavy atom. The maximum Gasteiger partial charge on any atom is 0.239 e. The van der Waals surface area contributed by atoms with Gasteiger partial charge in [0.05, 0.1) is 6.61 Å². The van der Waals surface area contributed by atoms with Crippen LogP contribution in [0.4, 0.5) is 0 Å². The Labute approximate surface area is 86.2 Å². The van der Waals surface area contributed by atoms with Crippen molar-refractivity contribution in [3.8, 4) is 0 Å². The summed E-state index contributed by atoms with van der Waals surface area (Å²) in [5.41, 5.74) is 4.56. The summed E-state index contributed by atoms with van der Waals surface area (Å²) in [5, 5.41) is 3.12. The second kappa shape index (κ2) is 5.98. The summed E-state index contributed by atoms with van der Waals surface area (Å²) in [4.78, 5) is 11.2. The molecule has 0 aliphatic rings. The van der Waals surface area contributed by atoms with Gasteiger partial charge in [-0.3, -0.25) is 10.1 Å². The SMILES string of the molecule is CCCOCC(C)(NC(C)C)C(N)=O. The molecule has 0 spiro atoms. The summed E-state index contributed by atoms with van der Waals surface area (Å²) in [6, 6.07) is 0.206. The smallest absolute Gasteiger partial charge is 0.239 e. The third-order valence-corrected chi connectivity index (χ3v) is 1.89. The highest BCUT2D eigenvalue weighted by atomic mass is 16.5. The molecule has 0 saturated carbocycles. The fraction of sp³-hybridized carbons (Fsp3) is 0.900. The van der Waals surface area contributed by atoms with E-state index in [-0.39, 0.29) is 11.9 Å². The third-order valence-electron chi connectivity index (χ3n) is 1.89. The zero-order chi connectivity index (χ0) is 11.2. The van der Waals surface area contributed by atoms with E-state index in [0.29, 0.717) is 13.2 Å². The topological polar surface area (TPSA) is 64.3 Å². The molecule has 0 heterocycles. The predicted octanol–water partition coefficient (Wildman–Crippen LogP) is 0.655. The minimum Gasteiger partial charge on any atom is -0.379 e. The van der Waals surface area contributed by atoms with E-state index < -0.39 is 5.54 Å². The fourth-order valence-electron chi connectivity index (χ4n) is 1.24. The van der Waals surface area contributed by atoms with Gasteiger partial charge in [0.25, 0.3) is 0 Å². The zero-order valence-electron chi connectivity index (χ0n) is 9.59. The van der Waals surface area contributed by atoms with Crippen LogP contribution in [0.25, 0.3) is 0 Å². The fourth-order valence-corrected chi connectivity index (χ4v) is 1.24. The van der Waals surface area contributed by atoms with Gasteiger partial charge in [-0.05, 0) is 27.2 Å². The van der Waals surface area contributed by atoms with E-state index in [0.717, 1.165) is 6.42 Å². The highest BCUT2D eigenvalue weighted by Crippen LogP contribution is 2.05. The molecule has 0 saturated heterocycles. The van der Waals surface area contributed by atoms with Gasteiger partial charge in [-0.15, -0.1) is 0 Å². The average Bonchev–Trinajstić information content (AvgIpc) is 2.03. The minimum atomic E-state index is -0.761. The molecular formula is C10H22N2O2. The summed E-state index contributed by atoms with van der Waals surface area (Å²) in [6.45, 7) is 8.72. The largest absolute Gasteiger partial charge is 0.379 e. The van der Waals surface area contributed by atoms with Gasteiger partial charge in [0.2, 0.25) is 5.91 Å². The Hall–Kier alpha value is -0.610. The first-order valence-corrected chi connectivity index (χ1v) is 5.07. The van der Waals surface area contributed by atoms with E-state index in [2.05, 4.69) is 5.32 Å². The number of hydrogen-bond donors (Lipinski definition) is 2. The van der Waals surface area contributed by atoms with Gasteiger partial charge in [0.1, 0.15) is 5.54 Å². The number of primary amides is 1. The molecule has 0 aromatic carbocycles. The monoisotopic (exact) mass is 202 g/mol. The molecule has 14 heavy (non-hydrogen) atoms. The van der Waals surface area contributed by atoms with E-state index in [1.54, 1.807) is 6.92 Å². The van der Waals surface area contributed by atoms with Crippen molar-refractivity contribution in [3.05, 3.63) is 0 Å². The van der Waals surface area contributed by atoms with Crippen LogP contribution < -0.4 is 11.1 Å². The van der Waals surface area contributed by atoms with Crippen molar-refractivity contribution in [2.45, 2.75) is 45.7 Å². The van der Waals surface area contributed by atoms with Crippen LogP contribution in [-0.4, -0.2) is 30.7 Å². The molecule has 0 aromatic heterocycles. The van der Waals surface area contributed by atoms with Crippen LogP contribution in [0.5, 0.6) is 0 Å². The van der Waals surface area contributed by atoms with Gasteiger partial charge in [-0.25, -0.2) is 0 Å². The van der Waals surface area contributed by atoms with Crippen LogP contribution in [0.15, 0.2) is 0 Å². The Morgan fingerprint density at radius 3 is 2.50 bits per heavy atom. The van der Waals surface area contributed by atoms with Gasteiger partial charge in [-0.1, -0.05) is 6.92 Å². The molecule has 1 amide bonds. The van der Waals surface area contributed by atoms with Crippen molar-refractivity contribution in [2.24, 2.45) is 5.73 Å². The normalized spacial score (nSPS) is 15.5. The first-order valence-electron chi connectivity index (χ1n) is 5.07. The van der Waals surface area contributed by atoms with Gasteiger partial charge >= 0.3 is 0 Å². The number of rotatable bonds is 7. The third kappa shape index (κ3) is 4.58. The molecule has 0 fully saturated rings. The van der Waals surface area contributed by atoms with Crippen molar-refractivity contribution < 1.29 is 9.53 Å². The van der Waals surface area contributed by atoms with Crippen LogP contribution in [0.2, 0.25) is 0 Å². The second-order valence-corrected chi connectivity index (χ2v) is 4.05. The first kappa shape index (κ1) is 13.4. The van der Waals surface area contributed by atoms with Crippen molar-refractivity contribution in [1.82, 2.24) is 5.32 Å². The molecule has 0 bridgehead atoms. The van der Waals surface area contributed by atoms with E-state index in [9.17, 15) is 4.79 Å². The lowest BCUT2D eigenvalue weighted by molar-refractivity contribution is -0.126. The molecule has 0 aliphatic carbocycles. The van der Waals surface area contributed by atoms with Gasteiger partial charge in [0.15, 0.2) is 0 Å². The van der Waals surface area contributed by atoms with E-state index in [4.69, 9.17) is 10.5 Å². The molecule has 0 radical (unpaired) electrons. The maximum absolute atomic E-state index is 11.2. The molecule has 0 aromatic rings. The Kier molecular flexibility index (Phi) is 5.72. The van der Waals surface area contributed by atoms with Gasteiger partial charge in [-0.2, -0.15) is 0 Å². The molecule has 0 aliphatic heterocycles. The van der Waals surface area contributed by atoms with Crippen LogP contribution in [0, 0.1) is 0 Å². The lowest BCUT2D eigenvalue weighted by Crippen LogP contribution is -2.58. The van der Waals surface area contributed by atoms with E-state index in [1.165, 1.54) is 0 Å². The lowest BCUT2D eigenvalue weighted by atomic mass is 10.0. The highest BCUT2D eigenvalue weighted by Gasteiger charge is 2.31. The van der Waals surface area contributed by atoms with Crippen molar-refractivity contribution in [3.63, 3.8) is 0 Å². The van der Waals surface area contributed by atoms with Crippen LogP contribution in [0.1, 0.15) is 34.1 Å². The number of nitrogens with two attached hydrogens (primary N) is 1. The molecule has 0 rings (SSSR count). The Bertz CT molecular complexity index is 183. The summed E-state index contributed by atoms with van der Waals surface area (Å²) in [6.07, 6.45) is 0.941. The maximum atomic E-state index is 11.2. The van der Waals surface area contributed by atoms with E-state index >= 15 is 0 Å². The van der Waals surface area contributed by atoms with Crippen LogP contribution in [-0.2, 0) is 9.53 Å². The van der Waals surface area contributed by atoms with Crippen molar-refractivity contribution >= 4 is 5.91 Å². The summed E-state index contributed by atoms with van der Waals surface area (Å²) in [5.74, 6) is -0.373. The molecule has 3 N–H and O–H groups in total. The van der Waals surface area contributed by atoms with Crippen molar-refractivity contribution in [1.29, 1.82) is 0 Å². The molecule has 1 unspecified atom stereocenters. The van der Waals surface area contributed by atoms with Gasteiger partial charge < -0.3 is 10.5 Å². The second-order valence-electron chi connectivity index (χ2n) is 4.05. The summed E-state index contributed by atoms with van der Waals surface area (Å²) >= 11 is 0. The predicted molar refractivity (Wildman–Crippen MR) is 57.0 cm³/mol. The summed E-state index contributed by atoms with van der Waals surface area (Å²) < 4.78 is 5.35. The lowest BCUT2D eigenvalue weighted by Gasteiger charge is -2.29. The average molecular weight is 202 g/mol. The number of hydrogen-bond acceptors (Lipinski definition) is 3. The van der Waals surface area contributed by atoms with Gasteiger partial charge in [0, 0.05) is 12.6 Å². The van der Waals surface area contributed by atoms with Crippen molar-refractivity contribution in [2.75, 3.05) is 13.2 Å². The Morgan fingerprint density at radius 2 is 2.14 bits per heavy atom. The van der Waals surface area contributed by atoms with E-state index in [1.807, 2.05) is 20.8 Å². The molecule has 4 heteroatoms. The Balaban J connectivity index is 4.17. The zero-order valence-corrected chi connectivity index (χ0v) is 9.59. The van der Waals surface area contributed by atoms with Crippen LogP contribution >= 0.6 is 0 Å². The molecule has 4 nitrogen and oxygen atoms in total. The number of amides is 1. The number of nitrogens with one attached hydrogen (secondary N) is 1. The highest BCUT2D eigenvalue weighted by molar-refractivity contribution is 5.84. The van der Waals surface area contributed by atoms with Crippen LogP contribution in [0.3, 0.4) is 0 Å². The molecule has 1 atom stereocenters. The number of ether oxygens (including phenoxy) is 1. The molecule has 84 valence electrons. The standard InChI is InChI=1S/C10H22N2O2/c1-5-6-14-7-10(4,9(11)13)12-8(2)3/h8,12H,5-7H2,1-4H3,(H2,11,13). The quantitative estimate of drug-likeness (QED) is 0.596. The number of carbonyl (C=O) groups is 1. The first-order chi connectivity index (χ1) is 6.42.